The second-order valence-electron chi connectivity index (χ2n) is 8.25. The van der Waals surface area contributed by atoms with E-state index in [4.69, 9.17) is 0 Å². The van der Waals surface area contributed by atoms with E-state index in [1.54, 1.807) is 0 Å². The van der Waals surface area contributed by atoms with Crippen molar-refractivity contribution in [3.8, 4) is 0 Å². The van der Waals surface area contributed by atoms with E-state index in [0.29, 0.717) is 13.1 Å². The summed E-state index contributed by atoms with van der Waals surface area (Å²) in [6, 6.07) is 30.8. The molecule has 3 nitrogen and oxygen atoms in total. The van der Waals surface area contributed by atoms with E-state index in [2.05, 4.69) is 85.3 Å². The first-order valence-electron chi connectivity index (χ1n) is 11.2. The van der Waals surface area contributed by atoms with Crippen LogP contribution >= 0.6 is 0 Å². The molecule has 1 aromatic heterocycles. The van der Waals surface area contributed by atoms with Crippen LogP contribution in [0.15, 0.2) is 97.2 Å². The van der Waals surface area contributed by atoms with E-state index in [1.807, 2.05) is 35.2 Å². The smallest absolute Gasteiger partial charge is 0.254 e. The third-order valence-electron chi connectivity index (χ3n) is 5.99. The largest absolute Gasteiger partial charge is 0.345 e. The molecule has 0 radical (unpaired) electrons. The molecular formula is C29H30N2O. The molecule has 3 heteroatoms. The molecule has 4 aromatic rings. The Morgan fingerprint density at radius 1 is 0.781 bits per heavy atom. The molecule has 0 aliphatic rings. The zero-order chi connectivity index (χ0) is 22.3. The van der Waals surface area contributed by atoms with E-state index >= 15 is 0 Å². The molecule has 4 rings (SSSR count). The minimum absolute atomic E-state index is 0.0557. The minimum atomic E-state index is 0.0557. The van der Waals surface area contributed by atoms with Gasteiger partial charge in [-0.3, -0.25) is 4.79 Å². The second-order valence-corrected chi connectivity index (χ2v) is 8.25. The standard InChI is InChI=1S/C29H30N2O/c1-3-24-15-17-26(18-16-24)29(32)31(20-25-11-5-4-6-12-25)22-28-14-9-19-30(28)21-27-13-8-7-10-23(27)2/h4-19H,3,20-22H2,1-2H3. The number of aromatic nitrogens is 1. The van der Waals surface area contributed by atoms with Gasteiger partial charge in [-0.2, -0.15) is 0 Å². The van der Waals surface area contributed by atoms with Gasteiger partial charge >= 0.3 is 0 Å². The van der Waals surface area contributed by atoms with Gasteiger partial charge < -0.3 is 9.47 Å². The molecule has 0 fully saturated rings. The topological polar surface area (TPSA) is 25.2 Å². The highest BCUT2D eigenvalue weighted by atomic mass is 16.2. The fourth-order valence-electron chi connectivity index (χ4n) is 3.98. The fourth-order valence-corrected chi connectivity index (χ4v) is 3.98. The molecule has 0 unspecified atom stereocenters. The van der Waals surface area contributed by atoms with E-state index in [-0.39, 0.29) is 5.91 Å². The second kappa shape index (κ2) is 10.1. The highest BCUT2D eigenvalue weighted by molar-refractivity contribution is 5.94. The highest BCUT2D eigenvalue weighted by Gasteiger charge is 2.18. The fraction of sp³-hybridized carbons (Fsp3) is 0.207. The molecule has 3 aromatic carbocycles. The zero-order valence-electron chi connectivity index (χ0n) is 18.9. The molecule has 0 saturated carbocycles. The van der Waals surface area contributed by atoms with Gasteiger partial charge in [0.2, 0.25) is 0 Å². The van der Waals surface area contributed by atoms with Gasteiger partial charge in [-0.15, -0.1) is 0 Å². The van der Waals surface area contributed by atoms with Crippen molar-refractivity contribution < 1.29 is 4.79 Å². The molecule has 0 atom stereocenters. The maximum Gasteiger partial charge on any atom is 0.254 e. The Hall–Kier alpha value is -3.59. The van der Waals surface area contributed by atoms with Crippen LogP contribution in [0, 0.1) is 6.92 Å². The third kappa shape index (κ3) is 5.17. The van der Waals surface area contributed by atoms with Crippen molar-refractivity contribution in [2.24, 2.45) is 0 Å². The Morgan fingerprint density at radius 2 is 1.50 bits per heavy atom. The summed E-state index contributed by atoms with van der Waals surface area (Å²) < 4.78 is 2.24. The van der Waals surface area contributed by atoms with Crippen molar-refractivity contribution in [1.29, 1.82) is 0 Å². The number of amides is 1. The Kier molecular flexibility index (Phi) is 6.86. The van der Waals surface area contributed by atoms with Gasteiger partial charge in [0, 0.05) is 30.5 Å². The molecule has 1 amide bonds. The maximum absolute atomic E-state index is 13.5. The third-order valence-corrected chi connectivity index (χ3v) is 5.99. The quantitative estimate of drug-likeness (QED) is 0.329. The molecule has 0 N–H and O–H groups in total. The summed E-state index contributed by atoms with van der Waals surface area (Å²) in [6.07, 6.45) is 3.07. The van der Waals surface area contributed by atoms with E-state index in [9.17, 15) is 4.79 Å². The van der Waals surface area contributed by atoms with Crippen molar-refractivity contribution in [2.45, 2.75) is 39.9 Å². The molecule has 162 valence electrons. The maximum atomic E-state index is 13.5. The van der Waals surface area contributed by atoms with Crippen molar-refractivity contribution in [2.75, 3.05) is 0 Å². The summed E-state index contributed by atoms with van der Waals surface area (Å²) in [5, 5.41) is 0. The van der Waals surface area contributed by atoms with Crippen LogP contribution in [0.2, 0.25) is 0 Å². The minimum Gasteiger partial charge on any atom is -0.345 e. The van der Waals surface area contributed by atoms with Crippen molar-refractivity contribution in [1.82, 2.24) is 9.47 Å². The lowest BCUT2D eigenvalue weighted by atomic mass is 10.1. The molecule has 0 aliphatic carbocycles. The van der Waals surface area contributed by atoms with Crippen molar-refractivity contribution >= 4 is 5.91 Å². The summed E-state index contributed by atoms with van der Waals surface area (Å²) in [5.41, 5.74) is 6.80. The van der Waals surface area contributed by atoms with Gasteiger partial charge in [-0.1, -0.05) is 73.7 Å². The molecule has 32 heavy (non-hydrogen) atoms. The SMILES string of the molecule is CCc1ccc(C(=O)N(Cc2ccccc2)Cc2cccn2Cc2ccccc2C)cc1. The number of carbonyl (C=O) groups excluding carboxylic acids is 1. The summed E-state index contributed by atoms with van der Waals surface area (Å²) in [4.78, 5) is 15.5. The predicted molar refractivity (Wildman–Crippen MR) is 131 cm³/mol. The number of benzene rings is 3. The molecule has 0 bridgehead atoms. The monoisotopic (exact) mass is 422 g/mol. The highest BCUT2D eigenvalue weighted by Crippen LogP contribution is 2.18. The molecule has 0 aliphatic heterocycles. The normalized spacial score (nSPS) is 10.8. The number of rotatable bonds is 8. The zero-order valence-corrected chi connectivity index (χ0v) is 18.9. The lowest BCUT2D eigenvalue weighted by Gasteiger charge is -2.24. The Bertz CT molecular complexity index is 1160. The Balaban J connectivity index is 1.60. The van der Waals surface area contributed by atoms with Gasteiger partial charge in [-0.05, 0) is 59.9 Å². The van der Waals surface area contributed by atoms with Crippen LogP contribution in [-0.4, -0.2) is 15.4 Å². The summed E-state index contributed by atoms with van der Waals surface area (Å²) >= 11 is 0. The van der Waals surface area contributed by atoms with Crippen molar-refractivity contribution in [3.63, 3.8) is 0 Å². The van der Waals surface area contributed by atoms with E-state index in [1.165, 1.54) is 16.7 Å². The number of carbonyl (C=O) groups is 1. The lowest BCUT2D eigenvalue weighted by molar-refractivity contribution is 0.0726. The lowest BCUT2D eigenvalue weighted by Crippen LogP contribution is -2.31. The van der Waals surface area contributed by atoms with Gasteiger partial charge in [0.05, 0.1) is 6.54 Å². The number of hydrogen-bond acceptors (Lipinski definition) is 1. The first-order chi connectivity index (χ1) is 15.6. The molecule has 1 heterocycles. The summed E-state index contributed by atoms with van der Waals surface area (Å²) in [5.74, 6) is 0.0557. The number of nitrogens with zero attached hydrogens (tertiary/aromatic N) is 2. The van der Waals surface area contributed by atoms with Gasteiger partial charge in [0.1, 0.15) is 0 Å². The first kappa shape index (κ1) is 21.6. The van der Waals surface area contributed by atoms with E-state index < -0.39 is 0 Å². The average Bonchev–Trinajstić information content (AvgIpc) is 3.27. The Morgan fingerprint density at radius 3 is 2.22 bits per heavy atom. The number of aryl methyl sites for hydroxylation is 2. The van der Waals surface area contributed by atoms with Crippen LogP contribution in [0.3, 0.4) is 0 Å². The molecule has 0 saturated heterocycles. The Labute approximate surface area is 190 Å². The van der Waals surface area contributed by atoms with E-state index in [0.717, 1.165) is 29.8 Å². The molecule has 0 spiro atoms. The van der Waals surface area contributed by atoms with Gasteiger partial charge in [0.25, 0.3) is 5.91 Å². The van der Waals surface area contributed by atoms with Crippen LogP contribution in [0.25, 0.3) is 0 Å². The van der Waals surface area contributed by atoms with Gasteiger partial charge in [-0.25, -0.2) is 0 Å². The summed E-state index contributed by atoms with van der Waals surface area (Å²) in [6.45, 7) is 6.20. The predicted octanol–water partition coefficient (Wildman–Crippen LogP) is 6.25. The van der Waals surface area contributed by atoms with Crippen LogP contribution in [0.5, 0.6) is 0 Å². The molecular weight excluding hydrogens is 392 g/mol. The van der Waals surface area contributed by atoms with Crippen molar-refractivity contribution in [3.05, 3.63) is 131 Å². The average molecular weight is 423 g/mol. The first-order valence-corrected chi connectivity index (χ1v) is 11.2. The van der Waals surface area contributed by atoms with Crippen LogP contribution in [0.1, 0.15) is 45.2 Å². The van der Waals surface area contributed by atoms with Crippen LogP contribution < -0.4 is 0 Å². The number of hydrogen-bond donors (Lipinski definition) is 0. The van der Waals surface area contributed by atoms with Crippen LogP contribution in [-0.2, 0) is 26.1 Å². The van der Waals surface area contributed by atoms with Gasteiger partial charge in [0.15, 0.2) is 0 Å². The summed E-state index contributed by atoms with van der Waals surface area (Å²) in [7, 11) is 0. The van der Waals surface area contributed by atoms with Crippen LogP contribution in [0.4, 0.5) is 0 Å².